The summed E-state index contributed by atoms with van der Waals surface area (Å²) in [4.78, 5) is 0. The number of ether oxygens (including phenoxy) is 8. The van der Waals surface area contributed by atoms with Crippen molar-refractivity contribution in [1.82, 2.24) is 0 Å². The average molecular weight is 743 g/mol. The second kappa shape index (κ2) is 21.1. The largest absolute Gasteiger partial charge is 0.490 e. The van der Waals surface area contributed by atoms with E-state index in [0.717, 1.165) is 11.5 Å². The van der Waals surface area contributed by atoms with Gasteiger partial charge in [0.05, 0.1) is 41.6 Å². The van der Waals surface area contributed by atoms with E-state index in [0.29, 0.717) is 89.1 Å². The quantitative estimate of drug-likeness (QED) is 0.0396. The molecular formula is C42H54O8Si2. The van der Waals surface area contributed by atoms with Crippen molar-refractivity contribution in [2.24, 2.45) is 0 Å². The minimum Gasteiger partial charge on any atom is -0.490 e. The molecule has 0 saturated heterocycles. The maximum atomic E-state index is 6.19. The Kier molecular flexibility index (Phi) is 16.4. The van der Waals surface area contributed by atoms with E-state index in [1.54, 1.807) is 12.2 Å². The summed E-state index contributed by atoms with van der Waals surface area (Å²) in [5, 5.41) is 2.74. The van der Waals surface area contributed by atoms with E-state index in [-0.39, 0.29) is 0 Å². The molecule has 278 valence electrons. The molecule has 4 aromatic carbocycles. The highest BCUT2D eigenvalue weighted by molar-refractivity contribution is 7.50. The minimum atomic E-state index is -1.95. The number of hydrogen-bond acceptors (Lipinski definition) is 8. The summed E-state index contributed by atoms with van der Waals surface area (Å²) in [5.41, 5.74) is 0. The standard InChI is InChI=1S/C42H54O8Si2/c1-7-23-43-25-27-47-39-19-9-11-21-41(39)49-31-29-45-35-15-13-17-37(33-35)51(3,4)52(5,6)38-18-14-16-36(34-38)46-30-32-50-42-22-12-10-20-40(42)48-28-26-44-24-8-2/h7-22,33-34H,1-2,23-32H2,3-6H3. The fraction of sp³-hybridized carbons (Fsp3) is 0.333. The molecule has 0 heterocycles. The van der Waals surface area contributed by atoms with Gasteiger partial charge in [-0.15, -0.1) is 13.2 Å². The maximum absolute atomic E-state index is 6.19. The molecule has 8 nitrogen and oxygen atoms in total. The fourth-order valence-corrected chi connectivity index (χ4v) is 14.2. The van der Waals surface area contributed by atoms with E-state index in [4.69, 9.17) is 37.9 Å². The Bertz CT molecular complexity index is 1550. The second-order valence-corrected chi connectivity index (χ2v) is 28.2. The summed E-state index contributed by atoms with van der Waals surface area (Å²) in [6.45, 7) is 21.6. The molecule has 0 radical (unpaired) electrons. The zero-order chi connectivity index (χ0) is 37.1. The summed E-state index contributed by atoms with van der Waals surface area (Å²) >= 11 is 0. The molecule has 0 aliphatic rings. The lowest BCUT2D eigenvalue weighted by Crippen LogP contribution is -2.69. The Morgan fingerprint density at radius 3 is 1.10 bits per heavy atom. The summed E-state index contributed by atoms with van der Waals surface area (Å²) in [6.07, 6.45) is 3.44. The molecule has 0 aromatic heterocycles. The van der Waals surface area contributed by atoms with Crippen LogP contribution >= 0.6 is 0 Å². The van der Waals surface area contributed by atoms with Gasteiger partial charge >= 0.3 is 0 Å². The van der Waals surface area contributed by atoms with Crippen molar-refractivity contribution in [2.45, 2.75) is 26.2 Å². The lowest BCUT2D eigenvalue weighted by Gasteiger charge is -2.39. The fourth-order valence-electron chi connectivity index (χ4n) is 5.42. The predicted molar refractivity (Wildman–Crippen MR) is 215 cm³/mol. The molecule has 0 N–H and O–H groups in total. The number of hydrogen-bond donors (Lipinski definition) is 0. The Hall–Kier alpha value is -4.49. The lowest BCUT2D eigenvalue weighted by molar-refractivity contribution is 0.118. The molecule has 0 fully saturated rings. The first kappa shape index (κ1) is 40.3. The molecule has 0 unspecified atom stereocenters. The lowest BCUT2D eigenvalue weighted by atomic mass is 10.3. The summed E-state index contributed by atoms with van der Waals surface area (Å²) in [5.74, 6) is 4.42. The van der Waals surface area contributed by atoms with Crippen LogP contribution in [0.3, 0.4) is 0 Å². The van der Waals surface area contributed by atoms with Gasteiger partial charge < -0.3 is 37.9 Å². The van der Waals surface area contributed by atoms with Crippen molar-refractivity contribution in [2.75, 3.05) is 66.1 Å². The Morgan fingerprint density at radius 2 is 0.750 bits per heavy atom. The van der Waals surface area contributed by atoms with Crippen LogP contribution in [0.4, 0.5) is 0 Å². The Labute approximate surface area is 311 Å². The van der Waals surface area contributed by atoms with Gasteiger partial charge in [0.2, 0.25) is 0 Å². The van der Waals surface area contributed by atoms with E-state index < -0.39 is 15.2 Å². The summed E-state index contributed by atoms with van der Waals surface area (Å²) in [7, 11) is -3.90. The Balaban J connectivity index is 1.29. The first-order valence-corrected chi connectivity index (χ1v) is 24.8. The van der Waals surface area contributed by atoms with E-state index >= 15 is 0 Å². The molecular weight excluding hydrogens is 689 g/mol. The highest BCUT2D eigenvalue weighted by Gasteiger charge is 2.44. The number of benzene rings is 4. The summed E-state index contributed by atoms with van der Waals surface area (Å²) in [6, 6.07) is 32.5. The van der Waals surface area contributed by atoms with Gasteiger partial charge in [-0.3, -0.25) is 0 Å². The van der Waals surface area contributed by atoms with Gasteiger partial charge in [-0.1, -0.05) is 97.2 Å². The van der Waals surface area contributed by atoms with Crippen LogP contribution in [0, 0.1) is 0 Å². The van der Waals surface area contributed by atoms with Gasteiger partial charge in [0.1, 0.15) is 51.1 Å². The third kappa shape index (κ3) is 12.0. The van der Waals surface area contributed by atoms with Crippen LogP contribution in [0.5, 0.6) is 34.5 Å². The van der Waals surface area contributed by atoms with Crippen LogP contribution in [-0.2, 0) is 9.47 Å². The molecule has 10 heteroatoms. The zero-order valence-electron chi connectivity index (χ0n) is 31.1. The van der Waals surface area contributed by atoms with Crippen LogP contribution in [0.25, 0.3) is 0 Å². The van der Waals surface area contributed by atoms with Crippen LogP contribution in [-0.4, -0.2) is 81.3 Å². The first-order valence-electron chi connectivity index (χ1n) is 17.8. The molecule has 0 bridgehead atoms. The maximum Gasteiger partial charge on any atom is 0.161 e. The average Bonchev–Trinajstić information content (AvgIpc) is 3.16. The van der Waals surface area contributed by atoms with Crippen molar-refractivity contribution >= 4 is 25.6 Å². The molecule has 0 aliphatic heterocycles. The van der Waals surface area contributed by atoms with Crippen LogP contribution in [0.1, 0.15) is 0 Å². The molecule has 4 aromatic rings. The minimum absolute atomic E-state index is 0.391. The molecule has 52 heavy (non-hydrogen) atoms. The van der Waals surface area contributed by atoms with Crippen molar-refractivity contribution in [3.05, 3.63) is 122 Å². The van der Waals surface area contributed by atoms with Crippen molar-refractivity contribution in [3.8, 4) is 34.5 Å². The highest BCUT2D eigenvalue weighted by atomic mass is 29.3. The van der Waals surface area contributed by atoms with Gasteiger partial charge in [-0.05, 0) is 48.5 Å². The molecule has 4 rings (SSSR count). The molecule has 0 amide bonds. The highest BCUT2D eigenvalue weighted by Crippen LogP contribution is 2.28. The van der Waals surface area contributed by atoms with Crippen molar-refractivity contribution < 1.29 is 37.9 Å². The van der Waals surface area contributed by atoms with Gasteiger partial charge in [0.25, 0.3) is 0 Å². The zero-order valence-corrected chi connectivity index (χ0v) is 33.1. The Morgan fingerprint density at radius 1 is 0.423 bits per heavy atom. The van der Waals surface area contributed by atoms with E-state index in [1.165, 1.54) is 10.4 Å². The van der Waals surface area contributed by atoms with Gasteiger partial charge in [-0.25, -0.2) is 0 Å². The SMILES string of the molecule is C=CCOCCOc1ccccc1OCCOc1cccc([Si](C)(C)[Si](C)(C)c2cccc(OCCOc3ccccc3OCCOCC=C)c2)c1. The smallest absolute Gasteiger partial charge is 0.161 e. The molecule has 0 atom stereocenters. The van der Waals surface area contributed by atoms with Gasteiger partial charge in [0.15, 0.2) is 23.0 Å². The van der Waals surface area contributed by atoms with E-state index in [9.17, 15) is 0 Å². The normalized spacial score (nSPS) is 11.4. The summed E-state index contributed by atoms with van der Waals surface area (Å²) < 4.78 is 46.9. The van der Waals surface area contributed by atoms with E-state index in [1.807, 2.05) is 60.7 Å². The second-order valence-electron chi connectivity index (χ2n) is 13.0. The third-order valence-electron chi connectivity index (χ3n) is 9.03. The van der Waals surface area contributed by atoms with Crippen LogP contribution in [0.15, 0.2) is 122 Å². The molecule has 0 spiro atoms. The topological polar surface area (TPSA) is 73.8 Å². The monoisotopic (exact) mass is 742 g/mol. The number of para-hydroxylation sites is 4. The third-order valence-corrected chi connectivity index (χ3v) is 26.8. The van der Waals surface area contributed by atoms with E-state index in [2.05, 4.69) is 75.7 Å². The van der Waals surface area contributed by atoms with Crippen LogP contribution < -0.4 is 38.8 Å². The predicted octanol–water partition coefficient (Wildman–Crippen LogP) is 7.37. The molecule has 0 aliphatic carbocycles. The van der Waals surface area contributed by atoms with Crippen molar-refractivity contribution in [3.63, 3.8) is 0 Å². The van der Waals surface area contributed by atoms with Gasteiger partial charge in [-0.2, -0.15) is 0 Å². The van der Waals surface area contributed by atoms with Crippen LogP contribution in [0.2, 0.25) is 26.2 Å². The number of rotatable bonds is 25. The van der Waals surface area contributed by atoms with Gasteiger partial charge in [0, 0.05) is 0 Å². The first-order chi connectivity index (χ1) is 25.3. The molecule has 0 saturated carbocycles. The van der Waals surface area contributed by atoms with Crippen molar-refractivity contribution in [1.29, 1.82) is 0 Å².